The molecule has 452 valence electrons. The Bertz CT molecular complexity index is 1080. The van der Waals surface area contributed by atoms with Crippen LogP contribution in [0.4, 0.5) is 0 Å². The van der Waals surface area contributed by atoms with E-state index in [0.717, 1.165) is 64.2 Å². The molecule has 0 rings (SSSR count). The van der Waals surface area contributed by atoms with E-state index >= 15 is 0 Å². The number of carbonyl (C=O) groups is 4. The van der Waals surface area contributed by atoms with Crippen LogP contribution in [0.5, 0.6) is 0 Å². The first-order valence-corrected chi connectivity index (χ1v) is 34.0. The van der Waals surface area contributed by atoms with E-state index in [0.29, 0.717) is 26.1 Å². The fraction of sp³-hybridized carbons (Fsp3) is 0.941. The first-order chi connectivity index (χ1) is 37.3. The van der Waals surface area contributed by atoms with Crippen LogP contribution in [0, 0.1) is 0 Å². The van der Waals surface area contributed by atoms with Crippen molar-refractivity contribution in [2.75, 3.05) is 13.2 Å². The molecule has 0 aromatic heterocycles. The number of hydrogen-bond donors (Lipinski definition) is 0. The Morgan fingerprint density at radius 2 is 0.364 bits per heavy atom. The minimum Gasteiger partial charge on any atom is -0.550 e. The van der Waals surface area contributed by atoms with Crippen molar-refractivity contribution in [3.05, 3.63) is 0 Å². The Morgan fingerprint density at radius 1 is 0.221 bits per heavy atom. The zero-order chi connectivity index (χ0) is 55.6. The summed E-state index contributed by atoms with van der Waals surface area (Å²) in [6.45, 7) is 5.76. The van der Waals surface area contributed by atoms with Gasteiger partial charge in [0.2, 0.25) is 0 Å². The van der Waals surface area contributed by atoms with E-state index in [2.05, 4.69) is 13.8 Å². The number of rotatable bonds is 64. The number of aliphatic carboxylic acids is 2. The number of esters is 2. The molecule has 0 aliphatic heterocycles. The van der Waals surface area contributed by atoms with Crippen molar-refractivity contribution in [2.45, 2.75) is 399 Å². The molecule has 0 aromatic rings. The Kier molecular flexibility index (Phi) is 75.1. The molecule has 0 atom stereocenters. The summed E-state index contributed by atoms with van der Waals surface area (Å²) in [5.74, 6) is -1.82. The molecule has 0 unspecified atom stereocenters. The minimum absolute atomic E-state index is 0. The van der Waals surface area contributed by atoms with Crippen LogP contribution in [-0.2, 0) is 48.1 Å². The van der Waals surface area contributed by atoms with Crippen molar-refractivity contribution < 1.29 is 58.3 Å². The second-order valence-corrected chi connectivity index (χ2v) is 23.3. The predicted molar refractivity (Wildman–Crippen MR) is 320 cm³/mol. The first-order valence-electron chi connectivity index (χ1n) is 34.0. The van der Waals surface area contributed by atoms with Crippen LogP contribution >= 0.6 is 0 Å². The molecule has 0 aromatic carbocycles. The van der Waals surface area contributed by atoms with E-state index in [1.807, 2.05) is 0 Å². The molecule has 0 fully saturated rings. The first kappa shape index (κ1) is 79.7. The van der Waals surface area contributed by atoms with Crippen molar-refractivity contribution in [3.8, 4) is 0 Å². The quantitative estimate of drug-likeness (QED) is 0.0334. The molecule has 0 saturated carbocycles. The molecular formula is C68H130O8Zn. The molecule has 0 amide bonds. The third-order valence-electron chi connectivity index (χ3n) is 15.5. The predicted octanol–water partition coefficient (Wildman–Crippen LogP) is 20.0. The standard InChI is InChI=1S/2C34H66O4.Zn/c2*1-2-3-4-5-6-7-8-12-16-19-22-25-28-31-34(37)38-32-29-26-23-20-17-14-11-9-10-13-15-18-21-24-27-30-33(35)36;/h2*2-32H2,1H3,(H,35,36);/q;;+2/p-2. The van der Waals surface area contributed by atoms with Crippen LogP contribution in [0.15, 0.2) is 0 Å². The minimum atomic E-state index is -0.916. The third-order valence-corrected chi connectivity index (χ3v) is 15.5. The average Bonchev–Trinajstić information content (AvgIpc) is 3.40. The third kappa shape index (κ3) is 78.8. The van der Waals surface area contributed by atoms with Gasteiger partial charge in [-0.1, -0.05) is 335 Å². The number of ether oxygens (including phenoxy) is 2. The SMILES string of the molecule is CCCCCCCCCCCCCCCC(=O)OCCCCCCCCCCCCCCCCCC(=O)[O-].CCCCCCCCCCCCCCCC(=O)OCCCCCCCCCCCCCCCCCC(=O)[O-].[Zn+2]. The average molecular weight is 1140 g/mol. The van der Waals surface area contributed by atoms with Gasteiger partial charge in [0.05, 0.1) is 13.2 Å². The topological polar surface area (TPSA) is 133 Å². The normalized spacial score (nSPS) is 11.0. The van der Waals surface area contributed by atoms with E-state index in [1.165, 1.54) is 295 Å². The monoisotopic (exact) mass is 1140 g/mol. The molecule has 0 aliphatic carbocycles. The maximum atomic E-state index is 11.9. The molecule has 77 heavy (non-hydrogen) atoms. The second kappa shape index (κ2) is 72.5. The summed E-state index contributed by atoms with van der Waals surface area (Å²) in [6.07, 6.45) is 72.7. The number of carboxylic acid groups (broad SMARTS) is 2. The van der Waals surface area contributed by atoms with Crippen molar-refractivity contribution in [3.63, 3.8) is 0 Å². The maximum Gasteiger partial charge on any atom is 2.00 e. The summed E-state index contributed by atoms with van der Waals surface area (Å²) in [5.41, 5.74) is 0. The number of carboxylic acids is 2. The number of carbonyl (C=O) groups excluding carboxylic acids is 4. The van der Waals surface area contributed by atoms with Crippen LogP contribution < -0.4 is 10.2 Å². The van der Waals surface area contributed by atoms with Gasteiger partial charge in [-0.05, 0) is 51.4 Å². The summed E-state index contributed by atoms with van der Waals surface area (Å²) in [7, 11) is 0. The molecular weight excluding hydrogens is 1010 g/mol. The van der Waals surface area contributed by atoms with E-state index in [9.17, 15) is 29.4 Å². The summed E-state index contributed by atoms with van der Waals surface area (Å²) in [5, 5.41) is 20.7. The van der Waals surface area contributed by atoms with Gasteiger partial charge in [0.15, 0.2) is 0 Å². The van der Waals surface area contributed by atoms with Crippen molar-refractivity contribution in [2.24, 2.45) is 0 Å². The van der Waals surface area contributed by atoms with Crippen LogP contribution in [0.3, 0.4) is 0 Å². The van der Waals surface area contributed by atoms with E-state index in [1.54, 1.807) is 0 Å². The Morgan fingerprint density at radius 3 is 0.532 bits per heavy atom. The molecule has 8 nitrogen and oxygen atoms in total. The zero-order valence-electron chi connectivity index (χ0n) is 51.8. The van der Waals surface area contributed by atoms with Crippen LogP contribution in [0.25, 0.3) is 0 Å². The fourth-order valence-corrected chi connectivity index (χ4v) is 10.4. The maximum absolute atomic E-state index is 11.9. The molecule has 0 bridgehead atoms. The van der Waals surface area contributed by atoms with E-state index < -0.39 is 11.9 Å². The number of hydrogen-bond acceptors (Lipinski definition) is 8. The van der Waals surface area contributed by atoms with Crippen LogP contribution in [-0.4, -0.2) is 37.1 Å². The molecule has 0 radical (unpaired) electrons. The summed E-state index contributed by atoms with van der Waals surface area (Å²) in [4.78, 5) is 44.5. The van der Waals surface area contributed by atoms with Gasteiger partial charge in [-0.3, -0.25) is 9.59 Å². The molecule has 0 N–H and O–H groups in total. The molecule has 0 aliphatic rings. The van der Waals surface area contributed by atoms with Gasteiger partial charge in [-0.25, -0.2) is 0 Å². The Labute approximate surface area is 492 Å². The van der Waals surface area contributed by atoms with Gasteiger partial charge in [-0.15, -0.1) is 0 Å². The summed E-state index contributed by atoms with van der Waals surface area (Å²) in [6, 6.07) is 0. The largest absolute Gasteiger partial charge is 2.00 e. The van der Waals surface area contributed by atoms with Gasteiger partial charge in [0.1, 0.15) is 0 Å². The Hall–Kier alpha value is -1.50. The number of unbranched alkanes of at least 4 members (excludes halogenated alkanes) is 52. The smallest absolute Gasteiger partial charge is 0.550 e. The fourth-order valence-electron chi connectivity index (χ4n) is 10.4. The van der Waals surface area contributed by atoms with Gasteiger partial charge in [0.25, 0.3) is 0 Å². The van der Waals surface area contributed by atoms with Gasteiger partial charge >= 0.3 is 31.4 Å². The molecule has 0 saturated heterocycles. The van der Waals surface area contributed by atoms with Crippen molar-refractivity contribution in [1.82, 2.24) is 0 Å². The molecule has 0 heterocycles. The molecule has 0 spiro atoms. The van der Waals surface area contributed by atoms with Crippen LogP contribution in [0.1, 0.15) is 399 Å². The van der Waals surface area contributed by atoms with E-state index in [-0.39, 0.29) is 44.3 Å². The summed E-state index contributed by atoms with van der Waals surface area (Å²) < 4.78 is 10.8. The van der Waals surface area contributed by atoms with Gasteiger partial charge < -0.3 is 29.3 Å². The molecule has 9 heteroatoms. The van der Waals surface area contributed by atoms with Crippen molar-refractivity contribution in [1.29, 1.82) is 0 Å². The van der Waals surface area contributed by atoms with E-state index in [4.69, 9.17) is 9.47 Å². The van der Waals surface area contributed by atoms with Crippen LogP contribution in [0.2, 0.25) is 0 Å². The van der Waals surface area contributed by atoms with Gasteiger partial charge in [-0.2, -0.15) is 0 Å². The Balaban J connectivity index is -0.00000140. The zero-order valence-corrected chi connectivity index (χ0v) is 54.8. The second-order valence-electron chi connectivity index (χ2n) is 23.3. The van der Waals surface area contributed by atoms with Crippen molar-refractivity contribution >= 4 is 23.9 Å². The van der Waals surface area contributed by atoms with Gasteiger partial charge in [0, 0.05) is 24.8 Å². The summed E-state index contributed by atoms with van der Waals surface area (Å²) >= 11 is 0.